The summed E-state index contributed by atoms with van der Waals surface area (Å²) in [5.74, 6) is 1.87. The van der Waals surface area contributed by atoms with E-state index >= 15 is 0 Å². The maximum Gasteiger partial charge on any atom is 0.252 e. The van der Waals surface area contributed by atoms with E-state index in [2.05, 4.69) is 28.3 Å². The summed E-state index contributed by atoms with van der Waals surface area (Å²) in [5.41, 5.74) is 8.17. The highest BCUT2D eigenvalue weighted by atomic mass is 32.1. The van der Waals surface area contributed by atoms with Crippen molar-refractivity contribution in [2.24, 2.45) is 5.73 Å². The molecule has 1 amide bonds. The van der Waals surface area contributed by atoms with Crippen molar-refractivity contribution in [3.63, 3.8) is 0 Å². The van der Waals surface area contributed by atoms with Crippen molar-refractivity contribution in [3.8, 4) is 18.1 Å². The Morgan fingerprint density at radius 2 is 1.94 bits per heavy atom. The van der Waals surface area contributed by atoms with Crippen LogP contribution in [-0.4, -0.2) is 42.3 Å². The minimum absolute atomic E-state index is 0.0277. The first-order chi connectivity index (χ1) is 15.5. The third-order valence-electron chi connectivity index (χ3n) is 5.41. The van der Waals surface area contributed by atoms with Gasteiger partial charge in [0.05, 0.1) is 11.1 Å². The maximum atomic E-state index is 11.4. The number of rotatable bonds is 5. The minimum atomic E-state index is -0.519. The summed E-state index contributed by atoms with van der Waals surface area (Å²) in [7, 11) is 1.71. The van der Waals surface area contributed by atoms with Crippen LogP contribution in [0.4, 0.5) is 5.00 Å². The Hall–Kier alpha value is -3.34. The number of piperidine rings is 1. The van der Waals surface area contributed by atoms with Gasteiger partial charge in [-0.15, -0.1) is 17.8 Å². The number of fused-ring (bicyclic) bond motifs is 1. The Labute approximate surface area is 192 Å². The van der Waals surface area contributed by atoms with Crippen molar-refractivity contribution in [1.82, 2.24) is 4.90 Å². The van der Waals surface area contributed by atoms with Crippen molar-refractivity contribution >= 4 is 38.6 Å². The van der Waals surface area contributed by atoms with Crippen LogP contribution < -0.4 is 11.1 Å². The lowest BCUT2D eigenvalue weighted by molar-refractivity contribution is 0.100. The minimum Gasteiger partial charge on any atom is -0.507 e. The fourth-order valence-electron chi connectivity index (χ4n) is 3.75. The smallest absolute Gasteiger partial charge is 0.252 e. The van der Waals surface area contributed by atoms with Gasteiger partial charge in [-0.05, 0) is 43.6 Å². The number of carbonyl (C=O) groups is 2. The number of hydrogen-bond donors (Lipinski definition) is 3. The third-order valence-corrected chi connectivity index (χ3v) is 6.58. The van der Waals surface area contributed by atoms with Gasteiger partial charge in [-0.25, -0.2) is 0 Å². The third kappa shape index (κ3) is 5.47. The maximum absolute atomic E-state index is 11.4. The van der Waals surface area contributed by atoms with E-state index in [1.807, 2.05) is 12.1 Å². The number of terminal acetylenes is 1. The van der Waals surface area contributed by atoms with Gasteiger partial charge in [-0.2, -0.15) is 0 Å². The quantitative estimate of drug-likeness (QED) is 0.401. The summed E-state index contributed by atoms with van der Waals surface area (Å²) in [6, 6.07) is 11.0. The summed E-state index contributed by atoms with van der Waals surface area (Å²) in [5, 5.41) is 13.9. The Morgan fingerprint density at radius 1 is 1.25 bits per heavy atom. The fraction of sp³-hybridized carbons (Fsp3) is 0.280. The standard InChI is InChI=1S/C13H17NO.C12H10N2O2S/c15-11-13-6-4-12(5-7-13)10-14-8-2-1-3-9-14;1-3-6-4-7-9(5-8(6)15)17-12(14-2)10(7)11(13)16/h4-7,11H,1-3,8-10H2;1,4-5,14-15H,2H3,(H2,13,16). The van der Waals surface area contributed by atoms with Crippen LogP contribution in [0.2, 0.25) is 0 Å². The zero-order chi connectivity index (χ0) is 23.1. The Bertz CT molecular complexity index is 1140. The lowest BCUT2D eigenvalue weighted by Crippen LogP contribution is -2.29. The molecule has 0 atom stereocenters. The number of aromatic hydroxyl groups is 1. The number of carbonyl (C=O) groups excluding carboxylic acids is 2. The molecule has 4 rings (SSSR count). The number of hydrogen-bond acceptors (Lipinski definition) is 6. The molecular weight excluding hydrogens is 422 g/mol. The Balaban J connectivity index is 0.000000182. The Kier molecular flexibility index (Phi) is 7.87. The SMILES string of the molecule is C#Cc1cc2c(C(N)=O)c(NC)sc2cc1O.O=Cc1ccc(CN2CCCCC2)cc1. The number of phenols is 1. The molecule has 0 unspecified atom stereocenters. The number of nitrogens with one attached hydrogen (secondary N) is 1. The van der Waals surface area contributed by atoms with Crippen LogP contribution >= 0.6 is 11.3 Å². The fourth-order valence-corrected chi connectivity index (χ4v) is 4.82. The van der Waals surface area contributed by atoms with Gasteiger partial charge < -0.3 is 16.2 Å². The van der Waals surface area contributed by atoms with Crippen molar-refractivity contribution in [2.75, 3.05) is 25.5 Å². The summed E-state index contributed by atoms with van der Waals surface area (Å²) >= 11 is 1.35. The first-order valence-corrected chi connectivity index (χ1v) is 11.3. The number of amides is 1. The van der Waals surface area contributed by atoms with E-state index in [1.165, 1.54) is 49.3 Å². The molecule has 2 heterocycles. The molecule has 6 nitrogen and oxygen atoms in total. The first-order valence-electron chi connectivity index (χ1n) is 10.5. The molecule has 0 spiro atoms. The molecule has 1 saturated heterocycles. The van der Waals surface area contributed by atoms with Crippen LogP contribution in [0.3, 0.4) is 0 Å². The van der Waals surface area contributed by atoms with Crippen molar-refractivity contribution in [1.29, 1.82) is 0 Å². The molecule has 1 aliphatic rings. The second kappa shape index (κ2) is 10.8. The predicted molar refractivity (Wildman–Crippen MR) is 130 cm³/mol. The van der Waals surface area contributed by atoms with Crippen molar-refractivity contribution < 1.29 is 14.7 Å². The highest BCUT2D eigenvalue weighted by molar-refractivity contribution is 7.23. The zero-order valence-electron chi connectivity index (χ0n) is 18.1. The average Bonchev–Trinajstić information content (AvgIpc) is 3.17. The van der Waals surface area contributed by atoms with Gasteiger partial charge in [0, 0.05) is 29.2 Å². The predicted octanol–water partition coefficient (Wildman–Crippen LogP) is 4.21. The summed E-state index contributed by atoms with van der Waals surface area (Å²) in [6.07, 6.45) is 10.2. The van der Waals surface area contributed by atoms with E-state index in [9.17, 15) is 14.7 Å². The summed E-state index contributed by atoms with van der Waals surface area (Å²) in [6.45, 7) is 3.46. The molecule has 3 aromatic rings. The van der Waals surface area contributed by atoms with Gasteiger partial charge in [0.1, 0.15) is 17.0 Å². The lowest BCUT2D eigenvalue weighted by atomic mass is 10.1. The molecule has 166 valence electrons. The van der Waals surface area contributed by atoms with Gasteiger partial charge in [0.2, 0.25) is 0 Å². The molecule has 32 heavy (non-hydrogen) atoms. The first kappa shape index (κ1) is 23.3. The Morgan fingerprint density at radius 3 is 2.50 bits per heavy atom. The van der Waals surface area contributed by atoms with Crippen LogP contribution in [-0.2, 0) is 6.54 Å². The summed E-state index contributed by atoms with van der Waals surface area (Å²) < 4.78 is 0.764. The lowest BCUT2D eigenvalue weighted by Gasteiger charge is -2.26. The number of benzene rings is 2. The van der Waals surface area contributed by atoms with Crippen LogP contribution in [0.5, 0.6) is 5.75 Å². The molecule has 7 heteroatoms. The molecule has 0 saturated carbocycles. The molecule has 2 aromatic carbocycles. The van der Waals surface area contributed by atoms with Gasteiger partial charge in [0.25, 0.3) is 5.91 Å². The zero-order valence-corrected chi connectivity index (χ0v) is 18.9. The highest BCUT2D eigenvalue weighted by Crippen LogP contribution is 2.38. The molecule has 0 bridgehead atoms. The van der Waals surface area contributed by atoms with Crippen molar-refractivity contribution in [2.45, 2.75) is 25.8 Å². The van der Waals surface area contributed by atoms with E-state index in [0.29, 0.717) is 21.5 Å². The second-order valence-electron chi connectivity index (χ2n) is 7.63. The summed E-state index contributed by atoms with van der Waals surface area (Å²) in [4.78, 5) is 24.4. The second-order valence-corrected chi connectivity index (χ2v) is 8.68. The van der Waals surface area contributed by atoms with Crippen LogP contribution in [0.15, 0.2) is 36.4 Å². The number of thiophene rings is 1. The number of anilines is 1. The van der Waals surface area contributed by atoms with Gasteiger partial charge in [0.15, 0.2) is 0 Å². The number of nitrogens with two attached hydrogens (primary N) is 1. The molecule has 4 N–H and O–H groups in total. The van der Waals surface area contributed by atoms with Gasteiger partial charge in [-0.3, -0.25) is 14.5 Å². The molecule has 0 aliphatic carbocycles. The molecule has 1 fully saturated rings. The number of phenolic OH excluding ortho intramolecular Hbond substituents is 1. The number of primary amides is 1. The largest absolute Gasteiger partial charge is 0.507 e. The number of nitrogens with zero attached hydrogens (tertiary/aromatic N) is 1. The van der Waals surface area contributed by atoms with Crippen molar-refractivity contribution in [3.05, 3.63) is 58.7 Å². The van der Waals surface area contributed by atoms with Gasteiger partial charge in [-0.1, -0.05) is 36.6 Å². The van der Waals surface area contributed by atoms with E-state index in [4.69, 9.17) is 12.2 Å². The molecule has 1 aliphatic heterocycles. The average molecular weight is 450 g/mol. The monoisotopic (exact) mass is 449 g/mol. The van der Waals surface area contributed by atoms with E-state index in [1.54, 1.807) is 19.2 Å². The molecule has 1 aromatic heterocycles. The van der Waals surface area contributed by atoms with Crippen LogP contribution in [0.25, 0.3) is 10.1 Å². The number of aldehydes is 1. The van der Waals surface area contributed by atoms with E-state index < -0.39 is 5.91 Å². The van der Waals surface area contributed by atoms with Crippen LogP contribution in [0.1, 0.15) is 51.1 Å². The van der Waals surface area contributed by atoms with E-state index in [0.717, 1.165) is 23.1 Å². The van der Waals surface area contributed by atoms with Gasteiger partial charge >= 0.3 is 0 Å². The topological polar surface area (TPSA) is 95.7 Å². The molecular formula is C25H27N3O3S. The number of likely N-dealkylation sites (tertiary alicyclic amines) is 1. The van der Waals surface area contributed by atoms with Crippen LogP contribution in [0, 0.1) is 12.3 Å². The highest BCUT2D eigenvalue weighted by Gasteiger charge is 2.17. The normalized spacial score (nSPS) is 13.6. The molecule has 0 radical (unpaired) electrons. The van der Waals surface area contributed by atoms with E-state index in [-0.39, 0.29) is 5.75 Å².